The van der Waals surface area contributed by atoms with Crippen molar-refractivity contribution in [2.45, 2.75) is 19.4 Å². The van der Waals surface area contributed by atoms with Crippen LogP contribution in [-0.4, -0.2) is 20.4 Å². The van der Waals surface area contributed by atoms with Gasteiger partial charge in [-0.15, -0.1) is 0 Å². The number of amides is 1. The van der Waals surface area contributed by atoms with Crippen LogP contribution in [0.2, 0.25) is 0 Å². The Hall–Kier alpha value is -3.03. The molecule has 2 aromatic heterocycles. The number of carbonyl (C=O) groups is 1. The molecule has 5 nitrogen and oxygen atoms in total. The number of aromatic nitrogens is 3. The maximum atomic E-state index is 13.8. The van der Waals surface area contributed by atoms with Crippen molar-refractivity contribution < 1.29 is 18.0 Å². The van der Waals surface area contributed by atoms with E-state index in [4.69, 9.17) is 0 Å². The van der Waals surface area contributed by atoms with E-state index in [1.165, 1.54) is 6.20 Å². The van der Waals surface area contributed by atoms with Crippen LogP contribution in [-0.2, 0) is 6.42 Å². The first-order valence-electron chi connectivity index (χ1n) is 7.65. The number of halogens is 3. The van der Waals surface area contributed by atoms with Gasteiger partial charge < -0.3 is 14.9 Å². The van der Waals surface area contributed by atoms with Gasteiger partial charge in [0.1, 0.15) is 5.82 Å². The molecule has 0 saturated carbocycles. The molecule has 0 bridgehead atoms. The smallest absolute Gasteiger partial charge is 0.258 e. The molecule has 2 N–H and O–H groups in total. The standard InChI is InChI=1S/C17H13F3N4O/c1-8-6-12-13(16-21-4-5-24(8)16)9(7-22-12)17(25)23-11-3-2-10(18)14(19)15(11)20/h2-5,7-8,22H,6H2,1H3,(H,23,25)/t8-/m1/s1. The lowest BCUT2D eigenvalue weighted by Crippen LogP contribution is -2.18. The van der Waals surface area contributed by atoms with E-state index >= 15 is 0 Å². The SMILES string of the molecule is C[C@@H]1Cc2[nH]cc(C(=O)Nc3ccc(F)c(F)c3F)c2-c2nccn21. The molecule has 0 fully saturated rings. The zero-order valence-electron chi connectivity index (χ0n) is 13.1. The summed E-state index contributed by atoms with van der Waals surface area (Å²) in [6.45, 7) is 2.03. The molecule has 3 aromatic rings. The largest absolute Gasteiger partial charge is 0.364 e. The van der Waals surface area contributed by atoms with Gasteiger partial charge in [0.25, 0.3) is 5.91 Å². The van der Waals surface area contributed by atoms with E-state index in [1.807, 2.05) is 17.7 Å². The number of hydrogen-bond acceptors (Lipinski definition) is 2. The molecule has 128 valence electrons. The number of rotatable bonds is 2. The number of H-pyrrole nitrogens is 1. The molecular formula is C17H13F3N4O. The minimum absolute atomic E-state index is 0.184. The highest BCUT2D eigenvalue weighted by Gasteiger charge is 2.29. The normalized spacial score (nSPS) is 15.6. The first kappa shape index (κ1) is 15.5. The van der Waals surface area contributed by atoms with E-state index in [-0.39, 0.29) is 11.6 Å². The number of hydrogen-bond donors (Lipinski definition) is 2. The van der Waals surface area contributed by atoms with E-state index in [0.29, 0.717) is 17.8 Å². The van der Waals surface area contributed by atoms with Gasteiger partial charge in [-0.1, -0.05) is 0 Å². The highest BCUT2D eigenvalue weighted by molar-refractivity contribution is 6.08. The third-order valence-corrected chi connectivity index (χ3v) is 4.36. The first-order valence-corrected chi connectivity index (χ1v) is 7.65. The second-order valence-electron chi connectivity index (χ2n) is 5.94. The third kappa shape index (κ3) is 2.33. The van der Waals surface area contributed by atoms with E-state index < -0.39 is 29.0 Å². The van der Waals surface area contributed by atoms with Crippen LogP contribution in [0.4, 0.5) is 18.9 Å². The van der Waals surface area contributed by atoms with Gasteiger partial charge in [-0.3, -0.25) is 4.79 Å². The van der Waals surface area contributed by atoms with Gasteiger partial charge in [0.15, 0.2) is 17.5 Å². The van der Waals surface area contributed by atoms with Crippen LogP contribution in [0.1, 0.15) is 29.0 Å². The van der Waals surface area contributed by atoms with Crippen molar-refractivity contribution in [3.8, 4) is 11.4 Å². The highest BCUT2D eigenvalue weighted by Crippen LogP contribution is 2.35. The Kier molecular flexibility index (Phi) is 3.41. The second-order valence-corrected chi connectivity index (χ2v) is 5.94. The Balaban J connectivity index is 1.72. The van der Waals surface area contributed by atoms with Crippen molar-refractivity contribution in [1.82, 2.24) is 14.5 Å². The van der Waals surface area contributed by atoms with Crippen molar-refractivity contribution in [3.05, 3.63) is 59.4 Å². The number of fused-ring (bicyclic) bond motifs is 3. The van der Waals surface area contributed by atoms with Crippen LogP contribution in [0.15, 0.2) is 30.7 Å². The molecule has 1 aromatic carbocycles. The van der Waals surface area contributed by atoms with E-state index in [1.54, 1.807) is 6.20 Å². The average molecular weight is 346 g/mol. The molecule has 1 aliphatic rings. The van der Waals surface area contributed by atoms with Gasteiger partial charge in [0, 0.05) is 36.7 Å². The number of anilines is 1. The van der Waals surface area contributed by atoms with Crippen LogP contribution in [0.25, 0.3) is 11.4 Å². The maximum Gasteiger partial charge on any atom is 0.258 e. The van der Waals surface area contributed by atoms with Crippen LogP contribution >= 0.6 is 0 Å². The fourth-order valence-corrected chi connectivity index (χ4v) is 3.13. The van der Waals surface area contributed by atoms with Gasteiger partial charge in [0.2, 0.25) is 0 Å². The molecule has 0 aliphatic carbocycles. The first-order chi connectivity index (χ1) is 12.0. The molecule has 1 amide bonds. The molecule has 3 heterocycles. The predicted octanol–water partition coefficient (Wildman–Crippen LogP) is 3.66. The molecule has 0 unspecified atom stereocenters. The van der Waals surface area contributed by atoms with Gasteiger partial charge in [0.05, 0.1) is 16.8 Å². The summed E-state index contributed by atoms with van der Waals surface area (Å²) in [4.78, 5) is 19.9. The highest BCUT2D eigenvalue weighted by atomic mass is 19.2. The Labute approximate surface area is 140 Å². The summed E-state index contributed by atoms with van der Waals surface area (Å²) < 4.78 is 42.1. The monoisotopic (exact) mass is 346 g/mol. The van der Waals surface area contributed by atoms with Crippen molar-refractivity contribution in [2.75, 3.05) is 5.32 Å². The van der Waals surface area contributed by atoms with Crippen LogP contribution < -0.4 is 5.32 Å². The van der Waals surface area contributed by atoms with E-state index in [9.17, 15) is 18.0 Å². The van der Waals surface area contributed by atoms with Gasteiger partial charge in [-0.25, -0.2) is 18.2 Å². The number of aromatic amines is 1. The second kappa shape index (κ2) is 5.51. The van der Waals surface area contributed by atoms with Gasteiger partial charge >= 0.3 is 0 Å². The molecule has 1 aliphatic heterocycles. The molecule has 1 atom stereocenters. The fourth-order valence-electron chi connectivity index (χ4n) is 3.13. The van der Waals surface area contributed by atoms with E-state index in [2.05, 4.69) is 15.3 Å². The van der Waals surface area contributed by atoms with Gasteiger partial charge in [-0.05, 0) is 19.1 Å². The minimum Gasteiger partial charge on any atom is -0.364 e. The third-order valence-electron chi connectivity index (χ3n) is 4.36. The molecular weight excluding hydrogens is 333 g/mol. The molecule has 4 rings (SSSR count). The predicted molar refractivity (Wildman–Crippen MR) is 84.7 cm³/mol. The Morgan fingerprint density at radius 3 is 2.92 bits per heavy atom. The topological polar surface area (TPSA) is 62.7 Å². The summed E-state index contributed by atoms with van der Waals surface area (Å²) in [5.74, 6) is -4.38. The lowest BCUT2D eigenvalue weighted by Gasteiger charge is -2.22. The van der Waals surface area contributed by atoms with Crippen molar-refractivity contribution in [2.24, 2.45) is 0 Å². The molecule has 0 spiro atoms. The fraction of sp³-hybridized carbons (Fsp3) is 0.176. The Morgan fingerprint density at radius 2 is 2.12 bits per heavy atom. The number of carbonyl (C=O) groups excluding carboxylic acids is 1. The van der Waals surface area contributed by atoms with Crippen LogP contribution in [0, 0.1) is 17.5 Å². The van der Waals surface area contributed by atoms with Crippen molar-refractivity contribution >= 4 is 11.6 Å². The number of imidazole rings is 1. The van der Waals surface area contributed by atoms with Crippen molar-refractivity contribution in [3.63, 3.8) is 0 Å². The summed E-state index contributed by atoms with van der Waals surface area (Å²) in [6, 6.07) is 1.92. The Bertz CT molecular complexity index is 992. The minimum atomic E-state index is -1.63. The lowest BCUT2D eigenvalue weighted by molar-refractivity contribution is 0.102. The quantitative estimate of drug-likeness (QED) is 0.696. The van der Waals surface area contributed by atoms with Gasteiger partial charge in [-0.2, -0.15) is 0 Å². The number of nitrogens with one attached hydrogen (secondary N) is 2. The molecule has 8 heteroatoms. The van der Waals surface area contributed by atoms with E-state index in [0.717, 1.165) is 17.8 Å². The van der Waals surface area contributed by atoms with Crippen LogP contribution in [0.5, 0.6) is 0 Å². The lowest BCUT2D eigenvalue weighted by atomic mass is 10.0. The number of benzene rings is 1. The summed E-state index contributed by atoms with van der Waals surface area (Å²) in [7, 11) is 0. The summed E-state index contributed by atoms with van der Waals surface area (Å²) in [5.41, 5.74) is 1.32. The average Bonchev–Trinajstić information content (AvgIpc) is 3.22. The Morgan fingerprint density at radius 1 is 1.32 bits per heavy atom. The summed E-state index contributed by atoms with van der Waals surface area (Å²) in [6.07, 6.45) is 5.66. The summed E-state index contributed by atoms with van der Waals surface area (Å²) >= 11 is 0. The van der Waals surface area contributed by atoms with Crippen LogP contribution in [0.3, 0.4) is 0 Å². The molecule has 0 radical (unpaired) electrons. The maximum absolute atomic E-state index is 13.8. The van der Waals surface area contributed by atoms with Crippen molar-refractivity contribution in [1.29, 1.82) is 0 Å². The molecule has 0 saturated heterocycles. The summed E-state index contributed by atoms with van der Waals surface area (Å²) in [5, 5.41) is 2.29. The zero-order valence-corrected chi connectivity index (χ0v) is 13.1. The molecule has 25 heavy (non-hydrogen) atoms. The zero-order chi connectivity index (χ0) is 17.7. The number of nitrogens with zero attached hydrogens (tertiary/aromatic N) is 2.